The van der Waals surface area contributed by atoms with Crippen LogP contribution in [0.3, 0.4) is 0 Å². The van der Waals surface area contributed by atoms with E-state index >= 15 is 0 Å². The zero-order valence-corrected chi connectivity index (χ0v) is 10.1. The molecule has 1 aliphatic rings. The lowest BCUT2D eigenvalue weighted by Crippen LogP contribution is -2.25. The predicted molar refractivity (Wildman–Crippen MR) is 66.4 cm³/mol. The van der Waals surface area contributed by atoms with E-state index < -0.39 is 0 Å². The van der Waals surface area contributed by atoms with Gasteiger partial charge in [0.1, 0.15) is 0 Å². The van der Waals surface area contributed by atoms with Crippen molar-refractivity contribution in [2.75, 3.05) is 6.54 Å². The van der Waals surface area contributed by atoms with Gasteiger partial charge in [0.25, 0.3) is 0 Å². The third kappa shape index (κ3) is 2.97. The Bertz CT molecular complexity index is 325. The van der Waals surface area contributed by atoms with E-state index in [1.807, 2.05) is 24.3 Å². The molecule has 0 heterocycles. The van der Waals surface area contributed by atoms with Gasteiger partial charge in [0, 0.05) is 5.02 Å². The van der Waals surface area contributed by atoms with Gasteiger partial charge in [0.15, 0.2) is 0 Å². The summed E-state index contributed by atoms with van der Waals surface area (Å²) in [5.41, 5.74) is 6.89. The van der Waals surface area contributed by atoms with Crippen LogP contribution in [0.2, 0.25) is 5.02 Å². The first-order chi connectivity index (χ1) is 7.79. The molecule has 0 spiro atoms. The van der Waals surface area contributed by atoms with E-state index in [9.17, 15) is 0 Å². The Morgan fingerprint density at radius 1 is 1.25 bits per heavy atom. The Morgan fingerprint density at radius 3 is 2.69 bits per heavy atom. The van der Waals surface area contributed by atoms with Crippen LogP contribution in [0.25, 0.3) is 0 Å². The Kier molecular flexibility index (Phi) is 4.22. The van der Waals surface area contributed by atoms with Crippen molar-refractivity contribution in [3.05, 3.63) is 34.9 Å². The quantitative estimate of drug-likeness (QED) is 0.877. The van der Waals surface area contributed by atoms with E-state index in [4.69, 9.17) is 22.1 Å². The van der Waals surface area contributed by atoms with Crippen LogP contribution >= 0.6 is 11.6 Å². The predicted octanol–water partition coefficient (Wildman–Crippen LogP) is 2.98. The minimum absolute atomic E-state index is 0.348. The third-order valence-electron chi connectivity index (χ3n) is 3.27. The van der Waals surface area contributed by atoms with E-state index in [0.29, 0.717) is 18.6 Å². The molecule has 1 fully saturated rings. The summed E-state index contributed by atoms with van der Waals surface area (Å²) in [5, 5.41) is 0.768. The monoisotopic (exact) mass is 239 g/mol. The lowest BCUT2D eigenvalue weighted by molar-refractivity contribution is 0.0182. The number of hydrogen-bond acceptors (Lipinski definition) is 2. The molecule has 0 aromatic heterocycles. The SMILES string of the molecule is NCC1CCCC1OCc1ccc(Cl)cc1. The smallest absolute Gasteiger partial charge is 0.0720 e. The second-order valence-electron chi connectivity index (χ2n) is 4.40. The lowest BCUT2D eigenvalue weighted by atomic mass is 10.1. The second-order valence-corrected chi connectivity index (χ2v) is 4.84. The van der Waals surface area contributed by atoms with Crippen molar-refractivity contribution in [2.24, 2.45) is 11.7 Å². The molecule has 2 nitrogen and oxygen atoms in total. The first-order valence-electron chi connectivity index (χ1n) is 5.85. The Hall–Kier alpha value is -0.570. The first kappa shape index (κ1) is 11.9. The molecule has 0 saturated heterocycles. The molecular weight excluding hydrogens is 222 g/mol. The molecular formula is C13H18ClNO. The van der Waals surface area contributed by atoms with Crippen LogP contribution in [-0.4, -0.2) is 12.6 Å². The maximum atomic E-state index is 5.91. The number of benzene rings is 1. The van der Waals surface area contributed by atoms with Gasteiger partial charge < -0.3 is 10.5 Å². The summed E-state index contributed by atoms with van der Waals surface area (Å²) in [4.78, 5) is 0. The molecule has 1 aromatic carbocycles. The normalized spacial score (nSPS) is 24.9. The van der Waals surface area contributed by atoms with Crippen molar-refractivity contribution in [2.45, 2.75) is 32.0 Å². The molecule has 0 aliphatic heterocycles. The molecule has 3 heteroatoms. The highest BCUT2D eigenvalue weighted by Crippen LogP contribution is 2.28. The fourth-order valence-electron chi connectivity index (χ4n) is 2.28. The average Bonchev–Trinajstić information content (AvgIpc) is 2.76. The fraction of sp³-hybridized carbons (Fsp3) is 0.538. The minimum Gasteiger partial charge on any atom is -0.373 e. The summed E-state index contributed by atoms with van der Waals surface area (Å²) in [7, 11) is 0. The van der Waals surface area contributed by atoms with Gasteiger partial charge in [0.05, 0.1) is 12.7 Å². The summed E-state index contributed by atoms with van der Waals surface area (Å²) in [6.07, 6.45) is 3.95. The van der Waals surface area contributed by atoms with Gasteiger partial charge in [-0.1, -0.05) is 30.2 Å². The van der Waals surface area contributed by atoms with Crippen LogP contribution in [0.1, 0.15) is 24.8 Å². The van der Waals surface area contributed by atoms with Crippen molar-refractivity contribution >= 4 is 11.6 Å². The van der Waals surface area contributed by atoms with Gasteiger partial charge in [-0.25, -0.2) is 0 Å². The number of rotatable bonds is 4. The van der Waals surface area contributed by atoms with E-state index in [1.165, 1.54) is 18.4 Å². The molecule has 0 amide bonds. The number of nitrogens with two attached hydrogens (primary N) is 1. The van der Waals surface area contributed by atoms with Crippen molar-refractivity contribution in [3.8, 4) is 0 Å². The molecule has 1 aliphatic carbocycles. The zero-order valence-electron chi connectivity index (χ0n) is 9.36. The molecule has 0 bridgehead atoms. The summed E-state index contributed by atoms with van der Waals surface area (Å²) >= 11 is 5.83. The maximum absolute atomic E-state index is 5.91. The van der Waals surface area contributed by atoms with Crippen molar-refractivity contribution in [1.29, 1.82) is 0 Å². The van der Waals surface area contributed by atoms with E-state index in [0.717, 1.165) is 18.0 Å². The van der Waals surface area contributed by atoms with Crippen LogP contribution in [-0.2, 0) is 11.3 Å². The fourth-order valence-corrected chi connectivity index (χ4v) is 2.40. The van der Waals surface area contributed by atoms with Gasteiger partial charge in [-0.05, 0) is 43.0 Å². The van der Waals surface area contributed by atoms with Crippen LogP contribution in [0.15, 0.2) is 24.3 Å². The molecule has 2 N–H and O–H groups in total. The number of ether oxygens (including phenoxy) is 1. The molecule has 88 valence electrons. The van der Waals surface area contributed by atoms with Gasteiger partial charge in [0.2, 0.25) is 0 Å². The maximum Gasteiger partial charge on any atom is 0.0720 e. The Balaban J connectivity index is 1.85. The number of halogens is 1. The van der Waals surface area contributed by atoms with Gasteiger partial charge in [-0.3, -0.25) is 0 Å². The standard InChI is InChI=1S/C13H18ClNO/c14-12-6-4-10(5-7-12)9-16-13-3-1-2-11(13)8-15/h4-7,11,13H,1-3,8-9,15H2. The summed E-state index contributed by atoms with van der Waals surface area (Å²) in [6.45, 7) is 1.41. The van der Waals surface area contributed by atoms with Crippen LogP contribution in [0, 0.1) is 5.92 Å². The van der Waals surface area contributed by atoms with Gasteiger partial charge >= 0.3 is 0 Å². The van der Waals surface area contributed by atoms with Crippen molar-refractivity contribution < 1.29 is 4.74 Å². The van der Waals surface area contributed by atoms with Gasteiger partial charge in [-0.2, -0.15) is 0 Å². The van der Waals surface area contributed by atoms with Crippen LogP contribution < -0.4 is 5.73 Å². The largest absolute Gasteiger partial charge is 0.373 e. The van der Waals surface area contributed by atoms with Crippen molar-refractivity contribution in [3.63, 3.8) is 0 Å². The van der Waals surface area contributed by atoms with Crippen LogP contribution in [0.5, 0.6) is 0 Å². The molecule has 1 saturated carbocycles. The zero-order chi connectivity index (χ0) is 11.4. The van der Waals surface area contributed by atoms with E-state index in [2.05, 4.69) is 0 Å². The lowest BCUT2D eigenvalue weighted by Gasteiger charge is -2.18. The summed E-state index contributed by atoms with van der Waals surface area (Å²) in [5.74, 6) is 0.548. The van der Waals surface area contributed by atoms with E-state index in [1.54, 1.807) is 0 Å². The molecule has 16 heavy (non-hydrogen) atoms. The molecule has 2 atom stereocenters. The number of hydrogen-bond donors (Lipinski definition) is 1. The van der Waals surface area contributed by atoms with Crippen LogP contribution in [0.4, 0.5) is 0 Å². The summed E-state index contributed by atoms with van der Waals surface area (Å²) in [6, 6.07) is 7.81. The van der Waals surface area contributed by atoms with Gasteiger partial charge in [-0.15, -0.1) is 0 Å². The minimum atomic E-state index is 0.348. The highest BCUT2D eigenvalue weighted by molar-refractivity contribution is 6.30. The Morgan fingerprint density at radius 2 is 2.00 bits per heavy atom. The highest BCUT2D eigenvalue weighted by Gasteiger charge is 2.26. The second kappa shape index (κ2) is 5.67. The Labute approximate surface area is 102 Å². The van der Waals surface area contributed by atoms with Crippen molar-refractivity contribution in [1.82, 2.24) is 0 Å². The molecule has 0 radical (unpaired) electrons. The summed E-state index contributed by atoms with van der Waals surface area (Å²) < 4.78 is 5.91. The highest BCUT2D eigenvalue weighted by atomic mass is 35.5. The molecule has 2 rings (SSSR count). The first-order valence-corrected chi connectivity index (χ1v) is 6.23. The molecule has 2 unspecified atom stereocenters. The average molecular weight is 240 g/mol. The molecule has 1 aromatic rings. The third-order valence-corrected chi connectivity index (χ3v) is 3.52. The topological polar surface area (TPSA) is 35.2 Å². The van der Waals surface area contributed by atoms with E-state index in [-0.39, 0.29) is 0 Å².